The fraction of sp³-hybridized carbons (Fsp3) is 0.348. The Hall–Kier alpha value is -3.15. The van der Waals surface area contributed by atoms with Gasteiger partial charge >= 0.3 is 5.97 Å². The number of aryl methyl sites for hydroxylation is 2. The number of carboxylic acids is 1. The Balaban J connectivity index is 1.67. The van der Waals surface area contributed by atoms with Gasteiger partial charge in [0.2, 0.25) is 0 Å². The Morgan fingerprint density at radius 1 is 1.28 bits per heavy atom. The first-order valence-corrected chi connectivity index (χ1v) is 10.1. The number of nitrogens with zero attached hydrogens (tertiary/aromatic N) is 2. The molecule has 150 valence electrons. The molecule has 0 spiro atoms. The zero-order valence-corrected chi connectivity index (χ0v) is 16.7. The molecule has 1 fully saturated rings. The van der Waals surface area contributed by atoms with Gasteiger partial charge in [0.25, 0.3) is 5.91 Å². The number of aromatic carboxylic acids is 1. The summed E-state index contributed by atoms with van der Waals surface area (Å²) in [6, 6.07) is 10.6. The summed E-state index contributed by atoms with van der Waals surface area (Å²) < 4.78 is 1.87. The number of carbonyl (C=O) groups excluding carboxylic acids is 1. The molecule has 1 aliphatic rings. The Morgan fingerprint density at radius 3 is 2.76 bits per heavy atom. The summed E-state index contributed by atoms with van der Waals surface area (Å²) in [5, 5.41) is 12.5. The van der Waals surface area contributed by atoms with E-state index in [1.54, 1.807) is 18.2 Å². The molecule has 2 aromatic heterocycles. The monoisotopic (exact) mass is 391 g/mol. The number of carbonyl (C=O) groups is 2. The van der Waals surface area contributed by atoms with Gasteiger partial charge in [-0.25, -0.2) is 9.78 Å². The number of aromatic nitrogens is 2. The molecule has 0 saturated heterocycles. The maximum Gasteiger partial charge on any atom is 0.335 e. The molecule has 1 aliphatic carbocycles. The van der Waals surface area contributed by atoms with E-state index in [4.69, 9.17) is 0 Å². The molecule has 1 saturated carbocycles. The quantitative estimate of drug-likeness (QED) is 0.633. The average Bonchev–Trinajstić information content (AvgIpc) is 3.48. The SMILES string of the molecule is CCCc1cccn2c(C(=O)N[C@H](c3cccc(C(=O)O)c3)C3CC3)c(C)nc12. The van der Waals surface area contributed by atoms with E-state index in [9.17, 15) is 14.7 Å². The summed E-state index contributed by atoms with van der Waals surface area (Å²) in [7, 11) is 0. The minimum absolute atomic E-state index is 0.179. The molecule has 6 heteroatoms. The largest absolute Gasteiger partial charge is 0.478 e. The van der Waals surface area contributed by atoms with Crippen molar-refractivity contribution in [3.8, 4) is 0 Å². The average molecular weight is 391 g/mol. The molecule has 3 aromatic rings. The molecule has 0 aliphatic heterocycles. The number of imidazole rings is 1. The number of benzene rings is 1. The number of fused-ring (bicyclic) bond motifs is 1. The van der Waals surface area contributed by atoms with Crippen LogP contribution in [0, 0.1) is 12.8 Å². The number of hydrogen-bond donors (Lipinski definition) is 2. The minimum Gasteiger partial charge on any atom is -0.478 e. The molecule has 6 nitrogen and oxygen atoms in total. The van der Waals surface area contributed by atoms with Gasteiger partial charge in [-0.05, 0) is 61.4 Å². The van der Waals surface area contributed by atoms with Crippen LogP contribution in [0.1, 0.15) is 69.9 Å². The number of rotatable bonds is 7. The van der Waals surface area contributed by atoms with E-state index < -0.39 is 5.97 Å². The number of nitrogens with one attached hydrogen (secondary N) is 1. The van der Waals surface area contributed by atoms with Crippen molar-refractivity contribution in [2.45, 2.75) is 45.6 Å². The van der Waals surface area contributed by atoms with Crippen molar-refractivity contribution in [3.05, 3.63) is 70.7 Å². The van der Waals surface area contributed by atoms with Crippen LogP contribution in [-0.2, 0) is 6.42 Å². The predicted molar refractivity (Wildman–Crippen MR) is 110 cm³/mol. The van der Waals surface area contributed by atoms with Crippen LogP contribution in [0.3, 0.4) is 0 Å². The van der Waals surface area contributed by atoms with Crippen LogP contribution >= 0.6 is 0 Å². The smallest absolute Gasteiger partial charge is 0.335 e. The normalized spacial score (nSPS) is 14.7. The second-order valence-corrected chi connectivity index (χ2v) is 7.74. The number of carboxylic acid groups (broad SMARTS) is 1. The van der Waals surface area contributed by atoms with Crippen molar-refractivity contribution < 1.29 is 14.7 Å². The van der Waals surface area contributed by atoms with E-state index >= 15 is 0 Å². The zero-order valence-electron chi connectivity index (χ0n) is 16.7. The van der Waals surface area contributed by atoms with Gasteiger partial charge in [0.1, 0.15) is 11.3 Å². The number of amides is 1. The lowest BCUT2D eigenvalue weighted by Gasteiger charge is -2.19. The molecule has 1 aromatic carbocycles. The highest BCUT2D eigenvalue weighted by atomic mass is 16.4. The van der Waals surface area contributed by atoms with Crippen molar-refractivity contribution in [2.75, 3.05) is 0 Å². The van der Waals surface area contributed by atoms with Gasteiger partial charge < -0.3 is 10.4 Å². The van der Waals surface area contributed by atoms with Crippen LogP contribution in [-0.4, -0.2) is 26.4 Å². The lowest BCUT2D eigenvalue weighted by Crippen LogP contribution is -2.31. The molecular weight excluding hydrogens is 366 g/mol. The van der Waals surface area contributed by atoms with E-state index in [-0.39, 0.29) is 17.5 Å². The molecule has 1 amide bonds. The van der Waals surface area contributed by atoms with Crippen LogP contribution in [0.4, 0.5) is 0 Å². The summed E-state index contributed by atoms with van der Waals surface area (Å²) in [5.41, 5.74) is 4.26. The van der Waals surface area contributed by atoms with Crippen molar-refractivity contribution >= 4 is 17.5 Å². The Labute approximate surface area is 169 Å². The van der Waals surface area contributed by atoms with Gasteiger partial charge in [0, 0.05) is 6.20 Å². The molecule has 0 radical (unpaired) electrons. The number of hydrogen-bond acceptors (Lipinski definition) is 3. The Kier molecular flexibility index (Phi) is 5.09. The highest BCUT2D eigenvalue weighted by molar-refractivity contribution is 5.95. The highest BCUT2D eigenvalue weighted by Crippen LogP contribution is 2.41. The zero-order chi connectivity index (χ0) is 20.5. The molecular formula is C23H25N3O3. The van der Waals surface area contributed by atoms with Gasteiger partial charge in [0.05, 0.1) is 17.3 Å². The minimum atomic E-state index is -0.964. The third-order valence-corrected chi connectivity index (χ3v) is 5.51. The third kappa shape index (κ3) is 3.75. The second-order valence-electron chi connectivity index (χ2n) is 7.74. The number of pyridine rings is 1. The first kappa shape index (κ1) is 19.2. The van der Waals surface area contributed by atoms with E-state index in [0.717, 1.165) is 42.5 Å². The third-order valence-electron chi connectivity index (χ3n) is 5.51. The van der Waals surface area contributed by atoms with Crippen molar-refractivity contribution in [1.82, 2.24) is 14.7 Å². The van der Waals surface area contributed by atoms with E-state index in [2.05, 4.69) is 23.3 Å². The van der Waals surface area contributed by atoms with Gasteiger partial charge in [-0.3, -0.25) is 9.20 Å². The molecule has 4 rings (SSSR count). The highest BCUT2D eigenvalue weighted by Gasteiger charge is 2.34. The van der Waals surface area contributed by atoms with Crippen LogP contribution in [0.2, 0.25) is 0 Å². The summed E-state index contributed by atoms with van der Waals surface area (Å²) in [6.45, 7) is 3.98. The van der Waals surface area contributed by atoms with Gasteiger partial charge in [-0.15, -0.1) is 0 Å². The topological polar surface area (TPSA) is 83.7 Å². The fourth-order valence-electron chi connectivity index (χ4n) is 3.95. The molecule has 0 unspecified atom stereocenters. The van der Waals surface area contributed by atoms with Crippen LogP contribution in [0.5, 0.6) is 0 Å². The maximum atomic E-state index is 13.3. The second kappa shape index (κ2) is 7.70. The molecule has 2 heterocycles. The molecule has 29 heavy (non-hydrogen) atoms. The van der Waals surface area contributed by atoms with Gasteiger partial charge in [0.15, 0.2) is 0 Å². The van der Waals surface area contributed by atoms with Gasteiger partial charge in [-0.2, -0.15) is 0 Å². The summed E-state index contributed by atoms with van der Waals surface area (Å²) in [5.74, 6) is -0.812. The fourth-order valence-corrected chi connectivity index (χ4v) is 3.95. The first-order chi connectivity index (χ1) is 14.0. The van der Waals surface area contributed by atoms with E-state index in [1.807, 2.05) is 29.7 Å². The van der Waals surface area contributed by atoms with E-state index in [0.29, 0.717) is 17.3 Å². The molecule has 0 bridgehead atoms. The predicted octanol–water partition coefficient (Wildman–Crippen LogP) is 4.17. The van der Waals surface area contributed by atoms with Crippen LogP contribution in [0.15, 0.2) is 42.6 Å². The van der Waals surface area contributed by atoms with Crippen molar-refractivity contribution in [1.29, 1.82) is 0 Å². The summed E-state index contributed by atoms with van der Waals surface area (Å²) >= 11 is 0. The molecule has 2 N–H and O–H groups in total. The summed E-state index contributed by atoms with van der Waals surface area (Å²) in [4.78, 5) is 29.3. The Morgan fingerprint density at radius 2 is 2.07 bits per heavy atom. The van der Waals surface area contributed by atoms with Crippen molar-refractivity contribution in [2.24, 2.45) is 5.92 Å². The van der Waals surface area contributed by atoms with Crippen molar-refractivity contribution in [3.63, 3.8) is 0 Å². The standard InChI is InChI=1S/C23H25N3O3/c1-3-6-16-9-5-12-26-20(14(2)24-21(16)26)22(27)25-19(15-10-11-15)17-7-4-8-18(13-17)23(28)29/h4-5,7-9,12-13,15,19H,3,6,10-11H2,1-2H3,(H,25,27)(H,28,29)/t19-/m0/s1. The lowest BCUT2D eigenvalue weighted by atomic mass is 9.99. The molecule has 1 atom stereocenters. The van der Waals surface area contributed by atoms with Gasteiger partial charge in [-0.1, -0.05) is 31.5 Å². The lowest BCUT2D eigenvalue weighted by molar-refractivity contribution is 0.0696. The Bertz CT molecular complexity index is 1080. The summed E-state index contributed by atoms with van der Waals surface area (Å²) in [6.07, 6.45) is 5.84. The van der Waals surface area contributed by atoms with Crippen LogP contribution < -0.4 is 5.32 Å². The maximum absolute atomic E-state index is 13.3. The van der Waals surface area contributed by atoms with Crippen LogP contribution in [0.25, 0.3) is 5.65 Å². The van der Waals surface area contributed by atoms with E-state index in [1.165, 1.54) is 0 Å². The first-order valence-electron chi connectivity index (χ1n) is 10.1.